The molecule has 8 heteroatoms. The molecule has 2 aromatic rings. The molecule has 0 aliphatic rings. The molecule has 0 atom stereocenters. The average molecular weight is 371 g/mol. The third-order valence-corrected chi connectivity index (χ3v) is 4.67. The number of nitrogens with zero attached hydrogens (tertiary/aromatic N) is 1. The molecule has 24 heavy (non-hydrogen) atoms. The molecule has 0 bridgehead atoms. The Labute approximate surface area is 145 Å². The Morgan fingerprint density at radius 2 is 1.71 bits per heavy atom. The number of hydrogen-bond acceptors (Lipinski definition) is 3. The summed E-state index contributed by atoms with van der Waals surface area (Å²) >= 11 is 5.80. The summed E-state index contributed by atoms with van der Waals surface area (Å²) in [5.74, 6) is -0.836. The highest BCUT2D eigenvalue weighted by atomic mass is 35.5. The second-order valence-corrected chi connectivity index (χ2v) is 7.42. The van der Waals surface area contributed by atoms with Crippen molar-refractivity contribution in [1.29, 1.82) is 0 Å². The molecule has 0 aromatic heterocycles. The highest BCUT2D eigenvalue weighted by Gasteiger charge is 2.17. The van der Waals surface area contributed by atoms with Crippen molar-refractivity contribution >= 4 is 33.2 Å². The Balaban J connectivity index is 2.02. The van der Waals surface area contributed by atoms with Crippen LogP contribution in [-0.4, -0.2) is 33.7 Å². The van der Waals surface area contributed by atoms with Crippen LogP contribution in [0, 0.1) is 5.82 Å². The molecule has 1 N–H and O–H groups in total. The smallest absolute Gasteiger partial charge is 0.251 e. The second-order valence-electron chi connectivity index (χ2n) is 5.07. The Hall–Kier alpha value is -2.12. The number of anilines is 1. The molecule has 0 aliphatic heterocycles. The lowest BCUT2D eigenvalue weighted by Gasteiger charge is -2.22. The number of rotatable bonds is 6. The predicted octanol–water partition coefficient (Wildman–Crippen LogP) is 2.68. The van der Waals surface area contributed by atoms with Gasteiger partial charge in [-0.15, -0.1) is 0 Å². The van der Waals surface area contributed by atoms with Gasteiger partial charge in [0.1, 0.15) is 5.82 Å². The maximum absolute atomic E-state index is 12.8. The molecule has 0 saturated carbocycles. The van der Waals surface area contributed by atoms with Crippen molar-refractivity contribution in [1.82, 2.24) is 5.32 Å². The van der Waals surface area contributed by atoms with Gasteiger partial charge in [0.15, 0.2) is 0 Å². The number of hydrogen-bond donors (Lipinski definition) is 1. The first-order valence-electron chi connectivity index (χ1n) is 7.04. The van der Waals surface area contributed by atoms with Crippen molar-refractivity contribution in [2.45, 2.75) is 0 Å². The minimum Gasteiger partial charge on any atom is -0.350 e. The largest absolute Gasteiger partial charge is 0.350 e. The molecule has 0 radical (unpaired) electrons. The number of carbonyl (C=O) groups is 1. The van der Waals surface area contributed by atoms with E-state index in [1.165, 1.54) is 28.6 Å². The number of nitrogens with one attached hydrogen (secondary N) is 1. The maximum atomic E-state index is 12.8. The Morgan fingerprint density at radius 1 is 1.12 bits per heavy atom. The van der Waals surface area contributed by atoms with E-state index >= 15 is 0 Å². The van der Waals surface area contributed by atoms with Gasteiger partial charge >= 0.3 is 0 Å². The van der Waals surface area contributed by atoms with E-state index in [0.29, 0.717) is 16.3 Å². The zero-order valence-corrected chi connectivity index (χ0v) is 14.4. The van der Waals surface area contributed by atoms with Crippen molar-refractivity contribution in [3.05, 3.63) is 64.9 Å². The first kappa shape index (κ1) is 18.2. The van der Waals surface area contributed by atoms with E-state index in [0.717, 1.165) is 6.26 Å². The van der Waals surface area contributed by atoms with Crippen LogP contribution in [0.4, 0.5) is 10.1 Å². The predicted molar refractivity (Wildman–Crippen MR) is 92.4 cm³/mol. The van der Waals surface area contributed by atoms with Crippen LogP contribution in [0.15, 0.2) is 48.5 Å². The fourth-order valence-electron chi connectivity index (χ4n) is 2.07. The molecule has 0 saturated heterocycles. The summed E-state index contributed by atoms with van der Waals surface area (Å²) in [7, 11) is -3.51. The van der Waals surface area contributed by atoms with E-state index in [2.05, 4.69) is 5.32 Å². The lowest BCUT2D eigenvalue weighted by atomic mass is 10.2. The average Bonchev–Trinajstić information content (AvgIpc) is 2.52. The summed E-state index contributed by atoms with van der Waals surface area (Å²) < 4.78 is 37.9. The Morgan fingerprint density at radius 3 is 2.25 bits per heavy atom. The zero-order valence-electron chi connectivity index (χ0n) is 12.9. The first-order valence-corrected chi connectivity index (χ1v) is 9.27. The van der Waals surface area contributed by atoms with Crippen molar-refractivity contribution in [3.8, 4) is 0 Å². The summed E-state index contributed by atoms with van der Waals surface area (Å²) in [5.41, 5.74) is 0.756. The normalized spacial score (nSPS) is 11.1. The van der Waals surface area contributed by atoms with Crippen molar-refractivity contribution < 1.29 is 17.6 Å². The molecule has 128 valence electrons. The standard InChI is InChI=1S/C16H16ClFN2O3S/c1-24(22,23)20(15-8-4-13(17)5-9-15)11-10-19-16(21)12-2-6-14(18)7-3-12/h2-9H,10-11H2,1H3,(H,19,21). The van der Waals surface area contributed by atoms with E-state index in [4.69, 9.17) is 11.6 Å². The topological polar surface area (TPSA) is 66.5 Å². The molecule has 0 spiro atoms. The van der Waals surface area contributed by atoms with Crippen LogP contribution in [0.2, 0.25) is 5.02 Å². The lowest BCUT2D eigenvalue weighted by molar-refractivity contribution is 0.0955. The van der Waals surface area contributed by atoms with Gasteiger partial charge in [0.25, 0.3) is 5.91 Å². The molecule has 2 aromatic carbocycles. The summed E-state index contributed by atoms with van der Waals surface area (Å²) in [6.07, 6.45) is 1.09. The van der Waals surface area contributed by atoms with E-state index < -0.39 is 21.7 Å². The Kier molecular flexibility index (Phi) is 5.80. The minimum atomic E-state index is -3.51. The number of benzene rings is 2. The van der Waals surface area contributed by atoms with Crippen LogP contribution in [0.5, 0.6) is 0 Å². The molecule has 1 amide bonds. The fourth-order valence-corrected chi connectivity index (χ4v) is 3.12. The van der Waals surface area contributed by atoms with Crippen LogP contribution in [0.1, 0.15) is 10.4 Å². The molecular formula is C16H16ClFN2O3S. The summed E-state index contributed by atoms with van der Waals surface area (Å²) in [6, 6.07) is 11.4. The maximum Gasteiger partial charge on any atom is 0.251 e. The molecule has 0 aliphatic carbocycles. The highest BCUT2D eigenvalue weighted by molar-refractivity contribution is 7.92. The van der Waals surface area contributed by atoms with Gasteiger partial charge in [-0.25, -0.2) is 12.8 Å². The van der Waals surface area contributed by atoms with E-state index in [-0.39, 0.29) is 13.1 Å². The fraction of sp³-hybridized carbons (Fsp3) is 0.188. The van der Waals surface area contributed by atoms with Crippen LogP contribution < -0.4 is 9.62 Å². The van der Waals surface area contributed by atoms with Gasteiger partial charge in [-0.05, 0) is 48.5 Å². The SMILES string of the molecule is CS(=O)(=O)N(CCNC(=O)c1ccc(F)cc1)c1ccc(Cl)cc1. The Bertz CT molecular complexity index is 808. The van der Waals surface area contributed by atoms with Gasteiger partial charge in [0, 0.05) is 17.1 Å². The first-order chi connectivity index (χ1) is 11.3. The molecule has 2 rings (SSSR count). The van der Waals surface area contributed by atoms with Gasteiger partial charge < -0.3 is 5.32 Å². The van der Waals surface area contributed by atoms with E-state index in [1.807, 2.05) is 0 Å². The van der Waals surface area contributed by atoms with E-state index in [1.54, 1.807) is 24.3 Å². The minimum absolute atomic E-state index is 0.0629. The van der Waals surface area contributed by atoms with Gasteiger partial charge in [-0.2, -0.15) is 0 Å². The van der Waals surface area contributed by atoms with E-state index in [9.17, 15) is 17.6 Å². The van der Waals surface area contributed by atoms with Gasteiger partial charge in [-0.3, -0.25) is 9.10 Å². The molecule has 0 heterocycles. The van der Waals surface area contributed by atoms with Crippen molar-refractivity contribution in [2.75, 3.05) is 23.7 Å². The number of sulfonamides is 1. The third kappa shape index (κ3) is 4.94. The monoisotopic (exact) mass is 370 g/mol. The second kappa shape index (κ2) is 7.63. The van der Waals surface area contributed by atoms with Crippen LogP contribution in [0.25, 0.3) is 0 Å². The van der Waals surface area contributed by atoms with Crippen molar-refractivity contribution in [3.63, 3.8) is 0 Å². The number of amides is 1. The van der Waals surface area contributed by atoms with Crippen molar-refractivity contribution in [2.24, 2.45) is 0 Å². The summed E-state index contributed by atoms with van der Waals surface area (Å²) in [6.45, 7) is 0.166. The van der Waals surface area contributed by atoms with Crippen LogP contribution in [-0.2, 0) is 10.0 Å². The number of carbonyl (C=O) groups excluding carboxylic acids is 1. The summed E-state index contributed by atoms with van der Waals surface area (Å²) in [4.78, 5) is 11.9. The quantitative estimate of drug-likeness (QED) is 0.850. The van der Waals surface area contributed by atoms with Crippen LogP contribution in [0.3, 0.4) is 0 Å². The molecule has 0 unspecified atom stereocenters. The summed E-state index contributed by atoms with van der Waals surface area (Å²) in [5, 5.41) is 3.11. The van der Waals surface area contributed by atoms with Gasteiger partial charge in [-0.1, -0.05) is 11.6 Å². The molecule has 0 fully saturated rings. The third-order valence-electron chi connectivity index (χ3n) is 3.22. The van der Waals surface area contributed by atoms with Gasteiger partial charge in [0.05, 0.1) is 18.5 Å². The lowest BCUT2D eigenvalue weighted by Crippen LogP contribution is -2.38. The van der Waals surface area contributed by atoms with Gasteiger partial charge in [0.2, 0.25) is 10.0 Å². The number of halogens is 2. The molecular weight excluding hydrogens is 355 g/mol. The molecule has 5 nitrogen and oxygen atoms in total. The zero-order chi connectivity index (χ0) is 17.7. The van der Waals surface area contributed by atoms with Crippen LogP contribution >= 0.6 is 11.6 Å². The highest BCUT2D eigenvalue weighted by Crippen LogP contribution is 2.19.